The van der Waals surface area contributed by atoms with E-state index in [9.17, 15) is 0 Å². The lowest BCUT2D eigenvalue weighted by Gasteiger charge is -2.20. The van der Waals surface area contributed by atoms with E-state index >= 15 is 0 Å². The molecule has 0 saturated heterocycles. The zero-order valence-electron chi connectivity index (χ0n) is 23.5. The average molecular weight is 536 g/mol. The van der Waals surface area contributed by atoms with Gasteiger partial charge in [0.25, 0.3) is 0 Å². The molecule has 0 aliphatic carbocycles. The lowest BCUT2D eigenvalue weighted by atomic mass is 9.83. The molecule has 0 aliphatic rings. The van der Waals surface area contributed by atoms with Crippen LogP contribution in [0.3, 0.4) is 0 Å². The van der Waals surface area contributed by atoms with Crippen LogP contribution in [0.25, 0.3) is 76.5 Å². The molecular weight excluding hydrogens is 506 g/mol. The lowest BCUT2D eigenvalue weighted by molar-refractivity contribution is 1.15. The molecule has 1 aromatic heterocycles. The van der Waals surface area contributed by atoms with Crippen molar-refractivity contribution in [1.29, 1.82) is 0 Å². The van der Waals surface area contributed by atoms with Gasteiger partial charge in [0.15, 0.2) is 0 Å². The molecule has 1 heterocycles. The summed E-state index contributed by atoms with van der Waals surface area (Å²) in [6, 6.07) is 49.2. The number of benzene rings is 7. The van der Waals surface area contributed by atoms with Gasteiger partial charge >= 0.3 is 0 Å². The molecule has 42 heavy (non-hydrogen) atoms. The van der Waals surface area contributed by atoms with Gasteiger partial charge in [-0.25, -0.2) is 0 Å². The zero-order valence-corrected chi connectivity index (χ0v) is 23.5. The molecule has 0 spiro atoms. The van der Waals surface area contributed by atoms with Crippen molar-refractivity contribution >= 4 is 43.1 Å². The van der Waals surface area contributed by atoms with E-state index in [0.717, 1.165) is 6.42 Å². The van der Waals surface area contributed by atoms with Gasteiger partial charge in [0, 0.05) is 12.4 Å². The van der Waals surface area contributed by atoms with Gasteiger partial charge in [-0.1, -0.05) is 122 Å². The number of hydrogen-bond acceptors (Lipinski definition) is 1. The highest BCUT2D eigenvalue weighted by Crippen LogP contribution is 2.46. The van der Waals surface area contributed by atoms with Crippen LogP contribution in [-0.2, 0) is 6.42 Å². The maximum Gasteiger partial charge on any atom is 0.0273 e. The van der Waals surface area contributed by atoms with E-state index in [1.165, 1.54) is 82.0 Å². The Bertz CT molecular complexity index is 2220. The topological polar surface area (TPSA) is 12.9 Å². The van der Waals surface area contributed by atoms with E-state index < -0.39 is 0 Å². The highest BCUT2D eigenvalue weighted by atomic mass is 14.6. The van der Waals surface area contributed by atoms with Crippen LogP contribution in [0.15, 0.2) is 146 Å². The normalized spacial score (nSPS) is 11.5. The van der Waals surface area contributed by atoms with Crippen LogP contribution < -0.4 is 0 Å². The van der Waals surface area contributed by atoms with Gasteiger partial charge in [0.1, 0.15) is 0 Å². The van der Waals surface area contributed by atoms with Gasteiger partial charge in [0.05, 0.1) is 0 Å². The maximum atomic E-state index is 4.24. The zero-order chi connectivity index (χ0) is 28.0. The summed E-state index contributed by atoms with van der Waals surface area (Å²) < 4.78 is 0. The van der Waals surface area contributed by atoms with Crippen LogP contribution in [0.1, 0.15) is 12.5 Å². The Morgan fingerprint density at radius 1 is 0.429 bits per heavy atom. The summed E-state index contributed by atoms with van der Waals surface area (Å²) in [5.41, 5.74) is 8.87. The molecule has 0 radical (unpaired) electrons. The number of hydrogen-bond donors (Lipinski definition) is 0. The fraction of sp³-hybridized carbons (Fsp3) is 0.0488. The molecule has 0 N–H and O–H groups in total. The Hall–Kier alpha value is -5.27. The van der Waals surface area contributed by atoms with Crippen LogP contribution in [0.5, 0.6) is 0 Å². The van der Waals surface area contributed by atoms with Gasteiger partial charge in [-0.2, -0.15) is 0 Å². The number of aryl methyl sites for hydroxylation is 1. The summed E-state index contributed by atoms with van der Waals surface area (Å²) in [5, 5.41) is 10.2. The fourth-order valence-corrected chi connectivity index (χ4v) is 6.70. The van der Waals surface area contributed by atoms with E-state index in [1.54, 1.807) is 0 Å². The van der Waals surface area contributed by atoms with Crippen molar-refractivity contribution in [3.05, 3.63) is 151 Å². The molecule has 0 unspecified atom stereocenters. The summed E-state index contributed by atoms with van der Waals surface area (Å²) in [6.45, 7) is 2.21. The third-order valence-corrected chi connectivity index (χ3v) is 8.72. The number of nitrogens with zero attached hydrogens (tertiary/aromatic N) is 1. The first-order valence-corrected chi connectivity index (χ1v) is 14.7. The minimum atomic E-state index is 1.05. The highest BCUT2D eigenvalue weighted by Gasteiger charge is 2.19. The summed E-state index contributed by atoms with van der Waals surface area (Å²) >= 11 is 0. The molecular formula is C41H29N. The van der Waals surface area contributed by atoms with Crippen molar-refractivity contribution in [2.24, 2.45) is 0 Å². The van der Waals surface area contributed by atoms with Crippen LogP contribution in [0.2, 0.25) is 0 Å². The number of fused-ring (bicyclic) bond motifs is 4. The Balaban J connectivity index is 1.44. The van der Waals surface area contributed by atoms with Crippen molar-refractivity contribution in [2.75, 3.05) is 0 Å². The van der Waals surface area contributed by atoms with E-state index in [4.69, 9.17) is 0 Å². The Kier molecular flexibility index (Phi) is 5.82. The summed E-state index contributed by atoms with van der Waals surface area (Å²) in [6.07, 6.45) is 4.78. The summed E-state index contributed by atoms with van der Waals surface area (Å²) in [5.74, 6) is 0. The van der Waals surface area contributed by atoms with E-state index in [2.05, 4.69) is 145 Å². The Labute approximate surface area is 245 Å². The van der Waals surface area contributed by atoms with Crippen LogP contribution in [-0.4, -0.2) is 4.98 Å². The third kappa shape index (κ3) is 3.89. The van der Waals surface area contributed by atoms with Crippen molar-refractivity contribution in [2.45, 2.75) is 13.3 Å². The van der Waals surface area contributed by atoms with Gasteiger partial charge < -0.3 is 0 Å². The molecule has 0 saturated carbocycles. The first-order valence-electron chi connectivity index (χ1n) is 14.7. The van der Waals surface area contributed by atoms with Crippen molar-refractivity contribution < 1.29 is 0 Å². The van der Waals surface area contributed by atoms with Gasteiger partial charge in [-0.15, -0.1) is 0 Å². The molecule has 0 fully saturated rings. The highest BCUT2D eigenvalue weighted by molar-refractivity contribution is 6.24. The molecule has 7 aromatic carbocycles. The van der Waals surface area contributed by atoms with Crippen molar-refractivity contribution in [3.8, 4) is 33.4 Å². The van der Waals surface area contributed by atoms with E-state index in [-0.39, 0.29) is 0 Å². The average Bonchev–Trinajstić information content (AvgIpc) is 3.06. The first kappa shape index (κ1) is 24.5. The molecule has 1 heteroatoms. The smallest absolute Gasteiger partial charge is 0.0273 e. The van der Waals surface area contributed by atoms with Gasteiger partial charge in [-0.3, -0.25) is 4.98 Å². The van der Waals surface area contributed by atoms with Gasteiger partial charge in [0.2, 0.25) is 0 Å². The summed E-state index contributed by atoms with van der Waals surface area (Å²) in [4.78, 5) is 4.24. The predicted octanol–water partition coefficient (Wildman–Crippen LogP) is 11.3. The number of aromatic nitrogens is 1. The van der Waals surface area contributed by atoms with E-state index in [0.29, 0.717) is 0 Å². The maximum absolute atomic E-state index is 4.24. The second-order valence-corrected chi connectivity index (χ2v) is 11.0. The molecule has 0 amide bonds. The molecule has 1 nitrogen and oxygen atoms in total. The predicted molar refractivity (Wildman–Crippen MR) is 180 cm³/mol. The minimum absolute atomic E-state index is 1.05. The van der Waals surface area contributed by atoms with Crippen molar-refractivity contribution in [3.63, 3.8) is 0 Å². The largest absolute Gasteiger partial charge is 0.265 e. The monoisotopic (exact) mass is 535 g/mol. The molecule has 0 aliphatic heterocycles. The van der Waals surface area contributed by atoms with E-state index in [1.807, 2.05) is 12.4 Å². The second kappa shape index (κ2) is 9.98. The van der Waals surface area contributed by atoms with Crippen molar-refractivity contribution in [1.82, 2.24) is 4.98 Å². The van der Waals surface area contributed by atoms with Crippen LogP contribution in [0, 0.1) is 0 Å². The molecule has 8 rings (SSSR count). The molecule has 198 valence electrons. The number of rotatable bonds is 4. The minimum Gasteiger partial charge on any atom is -0.265 e. The Morgan fingerprint density at radius 2 is 0.952 bits per heavy atom. The molecule has 0 atom stereocenters. The third-order valence-electron chi connectivity index (χ3n) is 8.72. The SMILES string of the molecule is CCc1ccc2cc(-c3c4ccccc4c(-c4ccc(-c5ccncc5)c5ccccc45)c4ccccc34)ccc2c1. The van der Waals surface area contributed by atoms with Crippen LogP contribution >= 0.6 is 0 Å². The Morgan fingerprint density at radius 3 is 1.60 bits per heavy atom. The second-order valence-electron chi connectivity index (χ2n) is 11.0. The molecule has 8 aromatic rings. The number of pyridine rings is 1. The quantitative estimate of drug-likeness (QED) is 0.204. The van der Waals surface area contributed by atoms with Gasteiger partial charge in [-0.05, 0) is 107 Å². The fourth-order valence-electron chi connectivity index (χ4n) is 6.70. The standard InChI is InChI=1S/C41H29N/c1-2-27-15-16-30-26-31(18-17-29(30)25-27)40-35-11-5-7-13-37(35)41(38-14-8-6-12-36(38)40)39-20-19-32(28-21-23-42-24-22-28)33-9-3-4-10-34(33)39/h3-26H,2H2,1H3. The molecule has 0 bridgehead atoms. The summed E-state index contributed by atoms with van der Waals surface area (Å²) in [7, 11) is 0. The first-order chi connectivity index (χ1) is 20.8. The lowest BCUT2D eigenvalue weighted by Crippen LogP contribution is -1.92. The van der Waals surface area contributed by atoms with Crippen LogP contribution in [0.4, 0.5) is 0 Å².